The van der Waals surface area contributed by atoms with E-state index in [1.807, 2.05) is 12.1 Å². The number of nitrogens with two attached hydrogens (primary N) is 1. The molecule has 1 heterocycles. The van der Waals surface area contributed by atoms with Gasteiger partial charge in [0.1, 0.15) is 18.1 Å². The maximum Gasteiger partial charge on any atom is 0.267 e. The van der Waals surface area contributed by atoms with E-state index in [1.165, 1.54) is 11.8 Å². The lowest BCUT2D eigenvalue weighted by atomic mass is 9.88. The van der Waals surface area contributed by atoms with E-state index in [0.717, 1.165) is 29.7 Å². The molecular weight excluding hydrogens is 434 g/mol. The van der Waals surface area contributed by atoms with Gasteiger partial charge in [0.15, 0.2) is 11.5 Å². The minimum absolute atomic E-state index is 0.0154. The topological polar surface area (TPSA) is 113 Å². The largest absolute Gasteiger partial charge is 0.493 e. The average Bonchev–Trinajstić information content (AvgIpc) is 2.86. The molecule has 1 unspecified atom stereocenters. The molecule has 0 radical (unpaired) electrons. The Kier molecular flexibility index (Phi) is 6.96. The molecule has 1 aliphatic rings. The van der Waals surface area contributed by atoms with Crippen molar-refractivity contribution in [2.45, 2.75) is 31.9 Å². The zero-order valence-electron chi connectivity index (χ0n) is 19.2. The van der Waals surface area contributed by atoms with Gasteiger partial charge in [-0.15, -0.1) is 0 Å². The summed E-state index contributed by atoms with van der Waals surface area (Å²) in [7, 11) is 3.10. The Hall–Kier alpha value is -4.07. The maximum atomic E-state index is 12.8. The van der Waals surface area contributed by atoms with Crippen LogP contribution in [0.5, 0.6) is 17.2 Å². The molecule has 0 saturated heterocycles. The first-order valence-electron chi connectivity index (χ1n) is 11.0. The molecule has 8 heteroatoms. The summed E-state index contributed by atoms with van der Waals surface area (Å²) in [6.07, 6.45) is 3.99. The van der Waals surface area contributed by atoms with Crippen LogP contribution in [0.25, 0.3) is 0 Å². The number of methoxy groups -OCH3 is 2. The SMILES string of the molecule is COc1ccc(C(=O)NC2CCc3ccc(OCc4ccnc(C(N)=O)c4)cc3C2)cc1OC. The summed E-state index contributed by atoms with van der Waals surface area (Å²) in [6, 6.07) is 14.6. The number of amides is 2. The van der Waals surface area contributed by atoms with Crippen molar-refractivity contribution in [3.8, 4) is 17.2 Å². The third-order valence-corrected chi connectivity index (χ3v) is 5.87. The summed E-state index contributed by atoms with van der Waals surface area (Å²) in [4.78, 5) is 28.1. The van der Waals surface area contributed by atoms with Gasteiger partial charge in [0.05, 0.1) is 14.2 Å². The molecule has 0 fully saturated rings. The van der Waals surface area contributed by atoms with Gasteiger partial charge in [0.25, 0.3) is 11.8 Å². The van der Waals surface area contributed by atoms with Gasteiger partial charge in [0.2, 0.25) is 0 Å². The highest BCUT2D eigenvalue weighted by Crippen LogP contribution is 2.29. The molecule has 0 spiro atoms. The van der Waals surface area contributed by atoms with Gasteiger partial charge in [-0.05, 0) is 78.4 Å². The number of nitrogens with zero attached hydrogens (tertiary/aromatic N) is 1. The van der Waals surface area contributed by atoms with E-state index in [2.05, 4.69) is 16.4 Å². The highest BCUT2D eigenvalue weighted by molar-refractivity contribution is 5.95. The Morgan fingerprint density at radius 1 is 1.03 bits per heavy atom. The molecule has 0 aliphatic heterocycles. The van der Waals surface area contributed by atoms with Gasteiger partial charge in [-0.25, -0.2) is 0 Å². The number of benzene rings is 2. The Morgan fingerprint density at radius 2 is 1.85 bits per heavy atom. The zero-order valence-corrected chi connectivity index (χ0v) is 19.2. The molecule has 176 valence electrons. The van der Waals surface area contributed by atoms with Gasteiger partial charge < -0.3 is 25.3 Å². The van der Waals surface area contributed by atoms with Crippen LogP contribution in [-0.2, 0) is 19.4 Å². The number of ether oxygens (including phenoxy) is 3. The highest BCUT2D eigenvalue weighted by atomic mass is 16.5. The molecule has 1 aromatic heterocycles. The van der Waals surface area contributed by atoms with Crippen molar-refractivity contribution in [1.82, 2.24) is 10.3 Å². The molecule has 3 N–H and O–H groups in total. The summed E-state index contributed by atoms with van der Waals surface area (Å²) in [6.45, 7) is 0.293. The van der Waals surface area contributed by atoms with Gasteiger partial charge >= 0.3 is 0 Å². The van der Waals surface area contributed by atoms with E-state index in [-0.39, 0.29) is 17.6 Å². The van der Waals surface area contributed by atoms with E-state index in [1.54, 1.807) is 44.6 Å². The minimum Gasteiger partial charge on any atom is -0.493 e. The number of hydrogen-bond acceptors (Lipinski definition) is 6. The predicted molar refractivity (Wildman–Crippen MR) is 126 cm³/mol. The standard InChI is InChI=1S/C26H27N3O5/c1-32-23-8-5-18(14-24(23)33-2)26(31)29-20-6-3-17-4-7-21(13-19(17)12-20)34-15-16-9-10-28-22(11-16)25(27)30/h4-5,7-11,13-14,20H,3,6,12,15H2,1-2H3,(H2,27,30)(H,29,31). The lowest BCUT2D eigenvalue weighted by Gasteiger charge is -2.26. The van der Waals surface area contributed by atoms with Crippen molar-refractivity contribution in [1.29, 1.82) is 0 Å². The Labute approximate surface area is 198 Å². The second kappa shape index (κ2) is 10.2. The number of carbonyl (C=O) groups is 2. The number of aryl methyl sites for hydroxylation is 1. The lowest BCUT2D eigenvalue weighted by Crippen LogP contribution is -2.38. The van der Waals surface area contributed by atoms with Crippen molar-refractivity contribution in [2.24, 2.45) is 5.73 Å². The summed E-state index contributed by atoms with van der Waals surface area (Å²) >= 11 is 0. The molecular formula is C26H27N3O5. The van der Waals surface area contributed by atoms with Crippen LogP contribution in [0.4, 0.5) is 0 Å². The van der Waals surface area contributed by atoms with E-state index in [4.69, 9.17) is 19.9 Å². The molecule has 2 amide bonds. The summed E-state index contributed by atoms with van der Waals surface area (Å²) in [5, 5.41) is 3.13. The van der Waals surface area contributed by atoms with Gasteiger partial charge in [-0.3, -0.25) is 14.6 Å². The van der Waals surface area contributed by atoms with Crippen LogP contribution in [0.3, 0.4) is 0 Å². The van der Waals surface area contributed by atoms with E-state index in [9.17, 15) is 9.59 Å². The number of pyridine rings is 1. The van der Waals surface area contributed by atoms with Gasteiger partial charge in [0, 0.05) is 17.8 Å². The third kappa shape index (κ3) is 5.28. The average molecular weight is 462 g/mol. The van der Waals surface area contributed by atoms with Crippen LogP contribution in [0, 0.1) is 0 Å². The quantitative estimate of drug-likeness (QED) is 0.533. The molecule has 3 aromatic rings. The van der Waals surface area contributed by atoms with E-state index in [0.29, 0.717) is 30.1 Å². The monoisotopic (exact) mass is 461 g/mol. The Bertz CT molecular complexity index is 1210. The van der Waals surface area contributed by atoms with E-state index < -0.39 is 5.91 Å². The second-order valence-corrected chi connectivity index (χ2v) is 8.12. The second-order valence-electron chi connectivity index (χ2n) is 8.12. The van der Waals surface area contributed by atoms with Crippen molar-refractivity contribution < 1.29 is 23.8 Å². The molecule has 1 aliphatic carbocycles. The highest BCUT2D eigenvalue weighted by Gasteiger charge is 2.22. The molecule has 8 nitrogen and oxygen atoms in total. The molecule has 34 heavy (non-hydrogen) atoms. The summed E-state index contributed by atoms with van der Waals surface area (Å²) in [5.74, 6) is 1.10. The fraction of sp³-hybridized carbons (Fsp3) is 0.269. The van der Waals surface area contributed by atoms with Crippen LogP contribution in [-0.4, -0.2) is 37.1 Å². The fourth-order valence-electron chi connectivity index (χ4n) is 4.06. The zero-order chi connectivity index (χ0) is 24.1. The molecule has 4 rings (SSSR count). The number of hydrogen-bond donors (Lipinski definition) is 2. The predicted octanol–water partition coefficient (Wildman–Crippen LogP) is 3.06. The number of primary amides is 1. The lowest BCUT2D eigenvalue weighted by molar-refractivity contribution is 0.0932. The van der Waals surface area contributed by atoms with Crippen molar-refractivity contribution in [3.63, 3.8) is 0 Å². The molecule has 0 saturated carbocycles. The number of fused-ring (bicyclic) bond motifs is 1. The number of carbonyl (C=O) groups excluding carboxylic acids is 2. The first-order valence-corrected chi connectivity index (χ1v) is 11.0. The molecule has 0 bridgehead atoms. The van der Waals surface area contributed by atoms with Gasteiger partial charge in [-0.2, -0.15) is 0 Å². The van der Waals surface area contributed by atoms with Crippen molar-refractivity contribution in [2.75, 3.05) is 14.2 Å². The van der Waals surface area contributed by atoms with Crippen LogP contribution in [0.2, 0.25) is 0 Å². The van der Waals surface area contributed by atoms with Crippen molar-refractivity contribution >= 4 is 11.8 Å². The summed E-state index contributed by atoms with van der Waals surface area (Å²) in [5.41, 5.74) is 9.23. The Balaban J connectivity index is 1.40. The van der Waals surface area contributed by atoms with E-state index >= 15 is 0 Å². The van der Waals surface area contributed by atoms with Crippen LogP contribution >= 0.6 is 0 Å². The van der Waals surface area contributed by atoms with Crippen molar-refractivity contribution in [3.05, 3.63) is 82.7 Å². The minimum atomic E-state index is -0.572. The molecule has 2 aromatic carbocycles. The normalized spacial score (nSPS) is 14.6. The first-order chi connectivity index (χ1) is 16.5. The van der Waals surface area contributed by atoms with Crippen LogP contribution in [0.1, 0.15) is 44.0 Å². The smallest absolute Gasteiger partial charge is 0.267 e. The first kappa shape index (κ1) is 23.1. The Morgan fingerprint density at radius 3 is 2.62 bits per heavy atom. The number of nitrogens with one attached hydrogen (secondary N) is 1. The van der Waals surface area contributed by atoms with Crippen LogP contribution < -0.4 is 25.3 Å². The summed E-state index contributed by atoms with van der Waals surface area (Å²) < 4.78 is 16.5. The third-order valence-electron chi connectivity index (χ3n) is 5.87. The maximum absolute atomic E-state index is 12.8. The van der Waals surface area contributed by atoms with Gasteiger partial charge in [-0.1, -0.05) is 6.07 Å². The number of aromatic nitrogens is 1. The number of rotatable bonds is 8. The molecule has 1 atom stereocenters. The van der Waals surface area contributed by atoms with Crippen LogP contribution in [0.15, 0.2) is 54.7 Å². The fourth-order valence-corrected chi connectivity index (χ4v) is 4.06.